The summed E-state index contributed by atoms with van der Waals surface area (Å²) in [5.74, 6) is -13.4. The van der Waals surface area contributed by atoms with Crippen molar-refractivity contribution in [3.8, 4) is 0 Å². The van der Waals surface area contributed by atoms with Crippen molar-refractivity contribution in [2.45, 2.75) is 254 Å². The number of hydrogen-bond acceptors (Lipinski definition) is 17. The van der Waals surface area contributed by atoms with E-state index >= 15 is 9.59 Å². The summed E-state index contributed by atoms with van der Waals surface area (Å²) in [6.07, 6.45) is -4.36. The highest BCUT2D eigenvalue weighted by atomic mass is 16.6. The lowest BCUT2D eigenvalue weighted by Crippen LogP contribution is -2.62. The molecule has 1 aliphatic rings. The van der Waals surface area contributed by atoms with Crippen LogP contribution in [0.1, 0.15) is 187 Å². The number of carbonyl (C=O) groups is 12. The van der Waals surface area contributed by atoms with Crippen LogP contribution in [0.25, 0.3) is 0 Å². The van der Waals surface area contributed by atoms with E-state index in [1.54, 1.807) is 92.6 Å². The van der Waals surface area contributed by atoms with E-state index in [0.717, 1.165) is 0 Å². The largest absolute Gasteiger partial charge is 0.444 e. The van der Waals surface area contributed by atoms with Gasteiger partial charge in [0.05, 0.1) is 43.4 Å². The van der Waals surface area contributed by atoms with Crippen molar-refractivity contribution in [2.24, 2.45) is 51.0 Å². The molecule has 0 bridgehead atoms. The second kappa shape index (κ2) is 39.4. The van der Waals surface area contributed by atoms with Crippen LogP contribution in [0.15, 0.2) is 35.3 Å². The number of carbonyl (C=O) groups excluding carboxylic acids is 12. The zero-order valence-corrected chi connectivity index (χ0v) is 59.9. The van der Waals surface area contributed by atoms with Crippen LogP contribution in [0.3, 0.4) is 0 Å². The third-order valence-corrected chi connectivity index (χ3v) is 15.9. The number of nitrogens with zero attached hydrogens (tertiary/aromatic N) is 1. The minimum Gasteiger partial charge on any atom is -0.444 e. The summed E-state index contributed by atoms with van der Waals surface area (Å²) < 4.78 is 5.48. The van der Waals surface area contributed by atoms with E-state index in [9.17, 15) is 63.3 Å². The standard InChI is InChI=1S/C67H114N14O16/c1-18-37(6)49-61(94)79-50(39(8)83)60(93)71-33-48(85)72-38(7)54(87)76-46(34-82)59(92)80-51(40-24-20-19-21-25-40)41(26-22-28-47(84)44(31-65(9,10)11)75-58(91)45(32-66(12,13)14)77-64(96)97-67(15,16)17)55(88)81-52(53(86)36(4)5)62(95)74-43(30-35(2)3)57(90)73-42(56(89)78-49)27-23-29-70-63(68)69/h19-21,24-25,35-39,41-46,49-53,82-83,86H,18,22-23,26-34H2,1-17H3,(H,71,93)(H,72,85)(H,73,90)(H,74,95)(H,75,91)(H,76,87)(H,77,96)(H,78,89)(H,79,94)(H,80,92)(H,81,88)(H4,68,69,70)/t37-,38?,39-,41?,42+,43-,44?,45+,46-,49-,50-,51+,52-,53+/m0/s1. The fourth-order valence-electron chi connectivity index (χ4n) is 10.5. The molecule has 548 valence electrons. The van der Waals surface area contributed by atoms with Gasteiger partial charge < -0.3 is 90.0 Å². The maximum Gasteiger partial charge on any atom is 0.408 e. The molecule has 0 radical (unpaired) electrons. The molecule has 30 heteroatoms. The van der Waals surface area contributed by atoms with Gasteiger partial charge in [-0.15, -0.1) is 0 Å². The molecule has 0 spiro atoms. The molecular weight excluding hydrogens is 1260 g/mol. The van der Waals surface area contributed by atoms with Crippen LogP contribution in [-0.4, -0.2) is 184 Å². The number of ketones is 1. The number of nitrogens with two attached hydrogens (primary N) is 2. The molecule has 1 fully saturated rings. The van der Waals surface area contributed by atoms with Gasteiger partial charge in [-0.25, -0.2) is 4.79 Å². The van der Waals surface area contributed by atoms with Crippen molar-refractivity contribution in [1.29, 1.82) is 0 Å². The van der Waals surface area contributed by atoms with Crippen molar-refractivity contribution in [2.75, 3.05) is 19.7 Å². The van der Waals surface area contributed by atoms with E-state index in [2.05, 4.69) is 63.5 Å². The Bertz CT molecular complexity index is 2850. The average Bonchev–Trinajstić information content (AvgIpc) is 0.842. The van der Waals surface area contributed by atoms with E-state index in [1.807, 2.05) is 41.5 Å². The molecule has 11 amide bonds. The topological polar surface area (TPSA) is 471 Å². The summed E-state index contributed by atoms with van der Waals surface area (Å²) in [7, 11) is 0. The van der Waals surface area contributed by atoms with Gasteiger partial charge in [0.15, 0.2) is 11.7 Å². The molecule has 1 heterocycles. The Balaban J connectivity index is 3.00. The average molecular weight is 1370 g/mol. The lowest BCUT2D eigenvalue weighted by atomic mass is 9.83. The molecule has 30 nitrogen and oxygen atoms in total. The number of nitrogens with one attached hydrogen (secondary N) is 11. The van der Waals surface area contributed by atoms with E-state index in [4.69, 9.17) is 16.2 Å². The van der Waals surface area contributed by atoms with Crippen LogP contribution in [0.2, 0.25) is 0 Å². The third kappa shape index (κ3) is 31.0. The van der Waals surface area contributed by atoms with Crippen molar-refractivity contribution in [3.05, 3.63) is 35.9 Å². The number of hydrogen-bond donors (Lipinski definition) is 16. The van der Waals surface area contributed by atoms with Crippen LogP contribution in [-0.2, 0) is 57.5 Å². The lowest BCUT2D eigenvalue weighted by Gasteiger charge is -2.33. The monoisotopic (exact) mass is 1370 g/mol. The first-order valence-corrected chi connectivity index (χ1v) is 33.5. The van der Waals surface area contributed by atoms with Gasteiger partial charge in [-0.2, -0.15) is 0 Å². The Morgan fingerprint density at radius 2 is 1.16 bits per heavy atom. The fourth-order valence-corrected chi connectivity index (χ4v) is 10.5. The van der Waals surface area contributed by atoms with Gasteiger partial charge >= 0.3 is 6.09 Å². The van der Waals surface area contributed by atoms with Crippen molar-refractivity contribution >= 4 is 76.9 Å². The third-order valence-electron chi connectivity index (χ3n) is 15.9. The van der Waals surface area contributed by atoms with E-state index in [-0.39, 0.29) is 81.8 Å². The molecule has 1 aromatic rings. The highest BCUT2D eigenvalue weighted by molar-refractivity contribution is 5.98. The SMILES string of the molecule is CC[C@H](C)[C@@H]1NC(=O)[C@@H](CCCN=C(N)N)NC(=O)[C@H](CC(C)C)NC(=O)[C@H]([C@H](O)C(C)C)NC(=O)C(CCCC(=O)C(CC(C)(C)C)NC(=O)[C@@H](CC(C)(C)C)NC(=O)OC(C)(C)C)[C@@H](c2ccccc2)NC(=O)[C@H](CO)NC(=O)C(C)NC(=O)CNC(=O)[C@H]([C@H](C)O)NC1=O. The number of aliphatic hydroxyl groups is 3. The number of rotatable bonds is 23. The summed E-state index contributed by atoms with van der Waals surface area (Å²) in [6.45, 7) is 26.8. The molecule has 1 saturated heterocycles. The van der Waals surface area contributed by atoms with Crippen molar-refractivity contribution in [3.63, 3.8) is 0 Å². The number of amides is 11. The summed E-state index contributed by atoms with van der Waals surface area (Å²) in [6, 6.07) is -6.84. The van der Waals surface area contributed by atoms with E-state index in [0.29, 0.717) is 0 Å². The molecule has 3 unspecified atom stereocenters. The van der Waals surface area contributed by atoms with Gasteiger partial charge in [-0.3, -0.25) is 57.7 Å². The number of alkyl carbamates (subject to hydrolysis) is 1. The van der Waals surface area contributed by atoms with Crippen LogP contribution >= 0.6 is 0 Å². The number of guanidine groups is 1. The van der Waals surface area contributed by atoms with Gasteiger partial charge in [0, 0.05) is 13.0 Å². The molecule has 2 rings (SSSR count). The zero-order chi connectivity index (χ0) is 74.0. The number of benzene rings is 1. The van der Waals surface area contributed by atoms with E-state index < -0.39 is 191 Å². The van der Waals surface area contributed by atoms with Crippen molar-refractivity contribution in [1.82, 2.24) is 58.5 Å². The predicted molar refractivity (Wildman–Crippen MR) is 364 cm³/mol. The minimum atomic E-state index is -1.86. The molecule has 0 aromatic heterocycles. The molecule has 97 heavy (non-hydrogen) atoms. The first-order chi connectivity index (χ1) is 44.9. The number of ether oxygens (including phenoxy) is 1. The first kappa shape index (κ1) is 85.1. The maximum absolute atomic E-state index is 15.5. The zero-order valence-electron chi connectivity index (χ0n) is 59.9. The van der Waals surface area contributed by atoms with Crippen LogP contribution < -0.4 is 70.0 Å². The van der Waals surface area contributed by atoms with Gasteiger partial charge in [-0.1, -0.05) is 120 Å². The summed E-state index contributed by atoms with van der Waals surface area (Å²) >= 11 is 0. The van der Waals surface area contributed by atoms with Crippen LogP contribution in [0.4, 0.5) is 4.79 Å². The van der Waals surface area contributed by atoms with Gasteiger partial charge in [0.2, 0.25) is 59.1 Å². The Hall–Kier alpha value is -7.99. The molecule has 14 atom stereocenters. The van der Waals surface area contributed by atoms with E-state index in [1.165, 1.54) is 13.8 Å². The second-order valence-corrected chi connectivity index (χ2v) is 29.4. The van der Waals surface area contributed by atoms with Crippen LogP contribution in [0, 0.1) is 34.5 Å². The highest BCUT2D eigenvalue weighted by Crippen LogP contribution is 2.30. The fraction of sp³-hybridized carbons (Fsp3) is 0.716. The number of aliphatic hydroxyl groups excluding tert-OH is 3. The van der Waals surface area contributed by atoms with Gasteiger partial charge in [0.25, 0.3) is 0 Å². The number of Topliss-reactive ketones (excluding diaryl/α,β-unsaturated/α-hetero) is 1. The summed E-state index contributed by atoms with van der Waals surface area (Å²) in [5.41, 5.74) is 9.49. The molecule has 18 N–H and O–H groups in total. The lowest BCUT2D eigenvalue weighted by molar-refractivity contribution is -0.138. The Morgan fingerprint density at radius 1 is 0.629 bits per heavy atom. The molecule has 0 saturated carbocycles. The maximum atomic E-state index is 15.5. The molecule has 1 aliphatic heterocycles. The first-order valence-electron chi connectivity index (χ1n) is 33.5. The minimum absolute atomic E-state index is 0.00780. The smallest absolute Gasteiger partial charge is 0.408 e. The van der Waals surface area contributed by atoms with Crippen LogP contribution in [0.5, 0.6) is 0 Å². The molecule has 0 aliphatic carbocycles. The quantitative estimate of drug-likeness (QED) is 0.0404. The van der Waals surface area contributed by atoms with Crippen molar-refractivity contribution < 1.29 is 77.6 Å². The predicted octanol–water partition coefficient (Wildman–Crippen LogP) is 0.529. The summed E-state index contributed by atoms with van der Waals surface area (Å²) in [5, 5.41) is 62.0. The Morgan fingerprint density at radius 3 is 1.70 bits per heavy atom. The van der Waals surface area contributed by atoms with Gasteiger partial charge in [0.1, 0.15) is 53.9 Å². The second-order valence-electron chi connectivity index (χ2n) is 29.4. The summed E-state index contributed by atoms with van der Waals surface area (Å²) in [4.78, 5) is 175. The van der Waals surface area contributed by atoms with Gasteiger partial charge in [-0.05, 0) is 114 Å². The highest BCUT2D eigenvalue weighted by Gasteiger charge is 2.42. The molecular formula is C67H114N14O16. The Kier molecular flexibility index (Phi) is 34.6. The number of aliphatic imine (C=N–C) groups is 1. The normalized spacial score (nSPS) is 23.9. The molecule has 1 aromatic carbocycles. The Labute approximate surface area is 571 Å².